The molecule has 0 aromatic rings. The zero-order valence-corrected chi connectivity index (χ0v) is 9.73. The third-order valence-electron chi connectivity index (χ3n) is 2.39. The second-order valence-corrected chi connectivity index (χ2v) is 3.50. The summed E-state index contributed by atoms with van der Waals surface area (Å²) < 4.78 is 9.39. The van der Waals surface area contributed by atoms with E-state index in [1.807, 2.05) is 0 Å². The van der Waals surface area contributed by atoms with E-state index in [2.05, 4.69) is 10.2 Å². The summed E-state index contributed by atoms with van der Waals surface area (Å²) in [6, 6.07) is 0. The van der Waals surface area contributed by atoms with Gasteiger partial charge in [-0.15, -0.1) is 0 Å². The summed E-state index contributed by atoms with van der Waals surface area (Å²) in [6.45, 7) is 0.606. The van der Waals surface area contributed by atoms with Crippen LogP contribution in [0.1, 0.15) is 0 Å². The molecular weight excluding hydrogens is 228 g/mol. The lowest BCUT2D eigenvalue weighted by atomic mass is 10.1. The molecule has 17 heavy (non-hydrogen) atoms. The van der Waals surface area contributed by atoms with Crippen LogP contribution in [0, 0.1) is 0 Å². The highest BCUT2D eigenvalue weighted by Crippen LogP contribution is 2.18. The van der Waals surface area contributed by atoms with Crippen LogP contribution >= 0.6 is 0 Å². The molecule has 0 aromatic carbocycles. The number of nitrogens with one attached hydrogen (secondary N) is 1. The minimum atomic E-state index is -1.57. The van der Waals surface area contributed by atoms with Crippen LogP contribution in [0.15, 0.2) is 11.8 Å². The van der Waals surface area contributed by atoms with Gasteiger partial charge in [0.05, 0.1) is 13.7 Å². The van der Waals surface area contributed by atoms with Gasteiger partial charge in [-0.3, -0.25) is 4.79 Å². The van der Waals surface area contributed by atoms with Gasteiger partial charge >= 0.3 is 5.97 Å². The predicted octanol–water partition coefficient (Wildman–Crippen LogP) is -2.35. The molecular formula is C9H16N4O4. The predicted molar refractivity (Wildman–Crippen MR) is 57.9 cm³/mol. The molecule has 0 radical (unpaired) electrons. The van der Waals surface area contributed by atoms with Crippen LogP contribution in [0.25, 0.3) is 0 Å². The Bertz CT molecular complexity index is 357. The molecule has 0 fully saturated rings. The monoisotopic (exact) mass is 244 g/mol. The molecule has 96 valence electrons. The van der Waals surface area contributed by atoms with E-state index in [1.54, 1.807) is 0 Å². The number of hydrogen-bond acceptors (Lipinski definition) is 7. The van der Waals surface area contributed by atoms with Gasteiger partial charge in [-0.05, 0) is 6.08 Å². The molecule has 0 saturated heterocycles. The summed E-state index contributed by atoms with van der Waals surface area (Å²) in [7, 11) is 2.73. The highest BCUT2D eigenvalue weighted by molar-refractivity contribution is 5.93. The van der Waals surface area contributed by atoms with Crippen molar-refractivity contribution in [1.29, 1.82) is 0 Å². The Labute approximate surface area is 98.5 Å². The number of methoxy groups -OCH3 is 2. The smallest absolute Gasteiger partial charge is 0.355 e. The molecule has 1 aliphatic rings. The maximum absolute atomic E-state index is 11.3. The molecule has 0 bridgehead atoms. The normalized spacial score (nSPS) is 24.1. The Hall–Kier alpha value is -1.64. The molecule has 1 unspecified atom stereocenters. The van der Waals surface area contributed by atoms with E-state index >= 15 is 0 Å². The Morgan fingerprint density at radius 2 is 2.18 bits per heavy atom. The van der Waals surface area contributed by atoms with Gasteiger partial charge in [-0.25, -0.2) is 4.79 Å². The summed E-state index contributed by atoms with van der Waals surface area (Å²) in [5.74, 6) is -1.40. The summed E-state index contributed by atoms with van der Waals surface area (Å²) in [5, 5.41) is 1.32. The lowest BCUT2D eigenvalue weighted by Crippen LogP contribution is -2.63. The minimum absolute atomic E-state index is 0.0740. The number of carbonyl (C=O) groups excluding carboxylic acids is 2. The first-order chi connectivity index (χ1) is 7.95. The standard InChI is InChI=1S/C9H16N4O4/c1-16-4-3-13-9(11,8(10)15)5-6(12-13)7(14)17-2/h5,12H,3-4,11H2,1-2H3,(H2,10,15). The molecule has 1 atom stereocenters. The van der Waals surface area contributed by atoms with Crippen molar-refractivity contribution in [3.8, 4) is 0 Å². The fraction of sp³-hybridized carbons (Fsp3) is 0.556. The molecule has 1 rings (SSSR count). The number of esters is 1. The molecule has 1 amide bonds. The topological polar surface area (TPSA) is 120 Å². The van der Waals surface area contributed by atoms with Crippen LogP contribution in [0.4, 0.5) is 0 Å². The van der Waals surface area contributed by atoms with E-state index in [1.165, 1.54) is 25.3 Å². The second kappa shape index (κ2) is 5.13. The van der Waals surface area contributed by atoms with Crippen molar-refractivity contribution in [2.24, 2.45) is 11.5 Å². The lowest BCUT2D eigenvalue weighted by Gasteiger charge is -2.30. The van der Waals surface area contributed by atoms with Crippen molar-refractivity contribution < 1.29 is 19.1 Å². The number of nitrogens with two attached hydrogens (primary N) is 2. The van der Waals surface area contributed by atoms with Crippen molar-refractivity contribution in [2.75, 3.05) is 27.4 Å². The average Bonchev–Trinajstić information content (AvgIpc) is 2.64. The molecule has 0 saturated carbocycles. The average molecular weight is 244 g/mol. The number of carbonyl (C=O) groups is 2. The van der Waals surface area contributed by atoms with Crippen LogP contribution in [0.3, 0.4) is 0 Å². The Morgan fingerprint density at radius 3 is 2.65 bits per heavy atom. The molecule has 0 aliphatic carbocycles. The first-order valence-electron chi connectivity index (χ1n) is 4.89. The molecule has 1 aliphatic heterocycles. The summed E-state index contributed by atoms with van der Waals surface area (Å²) >= 11 is 0. The zero-order valence-electron chi connectivity index (χ0n) is 9.73. The first kappa shape index (κ1) is 13.4. The van der Waals surface area contributed by atoms with Crippen molar-refractivity contribution >= 4 is 11.9 Å². The Balaban J connectivity index is 2.90. The zero-order chi connectivity index (χ0) is 13.1. The van der Waals surface area contributed by atoms with Crippen molar-refractivity contribution in [3.05, 3.63) is 11.8 Å². The summed E-state index contributed by atoms with van der Waals surface area (Å²) in [4.78, 5) is 22.7. The molecule has 8 heteroatoms. The van der Waals surface area contributed by atoms with Gasteiger partial charge in [0.2, 0.25) is 0 Å². The number of hydrogen-bond donors (Lipinski definition) is 3. The van der Waals surface area contributed by atoms with E-state index in [9.17, 15) is 9.59 Å². The van der Waals surface area contributed by atoms with Gasteiger partial charge < -0.3 is 26.4 Å². The van der Waals surface area contributed by atoms with E-state index in [4.69, 9.17) is 16.2 Å². The molecule has 1 heterocycles. The van der Waals surface area contributed by atoms with Crippen molar-refractivity contribution in [1.82, 2.24) is 10.4 Å². The highest BCUT2D eigenvalue weighted by Gasteiger charge is 2.43. The van der Waals surface area contributed by atoms with Crippen LogP contribution < -0.4 is 16.9 Å². The largest absolute Gasteiger partial charge is 0.464 e. The quantitative estimate of drug-likeness (QED) is 0.463. The van der Waals surface area contributed by atoms with Gasteiger partial charge in [0.25, 0.3) is 5.91 Å². The molecule has 0 spiro atoms. The van der Waals surface area contributed by atoms with Gasteiger partial charge in [-0.1, -0.05) is 0 Å². The SMILES string of the molecule is COCCN1NC(C(=O)OC)=CC1(N)C(N)=O. The minimum Gasteiger partial charge on any atom is -0.464 e. The number of rotatable bonds is 5. The maximum atomic E-state index is 11.3. The Morgan fingerprint density at radius 1 is 1.53 bits per heavy atom. The third kappa shape index (κ3) is 2.54. The number of primary amides is 1. The van der Waals surface area contributed by atoms with Gasteiger partial charge in [0.15, 0.2) is 5.66 Å². The second-order valence-electron chi connectivity index (χ2n) is 3.50. The highest BCUT2D eigenvalue weighted by atomic mass is 16.5. The van der Waals surface area contributed by atoms with Crippen LogP contribution in [-0.4, -0.2) is 49.9 Å². The summed E-state index contributed by atoms with van der Waals surface area (Å²) in [6.07, 6.45) is 1.23. The molecule has 0 aromatic heterocycles. The number of ether oxygens (including phenoxy) is 2. The van der Waals surface area contributed by atoms with Gasteiger partial charge in [-0.2, -0.15) is 5.01 Å². The van der Waals surface area contributed by atoms with E-state index in [0.717, 1.165) is 0 Å². The lowest BCUT2D eigenvalue weighted by molar-refractivity contribution is -0.137. The van der Waals surface area contributed by atoms with Crippen molar-refractivity contribution in [3.63, 3.8) is 0 Å². The van der Waals surface area contributed by atoms with Crippen LogP contribution in [0.2, 0.25) is 0 Å². The first-order valence-corrected chi connectivity index (χ1v) is 4.89. The number of nitrogens with zero attached hydrogens (tertiary/aromatic N) is 1. The van der Waals surface area contributed by atoms with E-state index < -0.39 is 17.5 Å². The van der Waals surface area contributed by atoms with Crippen LogP contribution in [0.5, 0.6) is 0 Å². The fourth-order valence-corrected chi connectivity index (χ4v) is 1.41. The Kier molecular flexibility index (Phi) is 4.05. The van der Waals surface area contributed by atoms with E-state index in [0.29, 0.717) is 6.61 Å². The van der Waals surface area contributed by atoms with Gasteiger partial charge in [0, 0.05) is 13.7 Å². The van der Waals surface area contributed by atoms with E-state index in [-0.39, 0.29) is 12.2 Å². The molecule has 5 N–H and O–H groups in total. The molecule has 8 nitrogen and oxygen atoms in total. The maximum Gasteiger partial charge on any atom is 0.355 e. The van der Waals surface area contributed by atoms with Crippen LogP contribution in [-0.2, 0) is 19.1 Å². The number of amides is 1. The summed E-state index contributed by atoms with van der Waals surface area (Å²) in [5.41, 5.74) is 12.2. The van der Waals surface area contributed by atoms with Crippen molar-refractivity contribution in [2.45, 2.75) is 5.66 Å². The number of hydrazine groups is 1. The fourth-order valence-electron chi connectivity index (χ4n) is 1.41. The van der Waals surface area contributed by atoms with Gasteiger partial charge in [0.1, 0.15) is 5.70 Å². The third-order valence-corrected chi connectivity index (χ3v) is 2.39.